The van der Waals surface area contributed by atoms with Crippen molar-refractivity contribution < 1.29 is 4.74 Å². The first-order valence-corrected chi connectivity index (χ1v) is 5.98. The molecule has 1 aromatic heterocycles. The quantitative estimate of drug-likeness (QED) is 0.896. The molecule has 0 bridgehead atoms. The van der Waals surface area contributed by atoms with Gasteiger partial charge in [-0.25, -0.2) is 0 Å². The molecule has 1 aromatic rings. The van der Waals surface area contributed by atoms with Gasteiger partial charge in [-0.2, -0.15) is 0 Å². The van der Waals surface area contributed by atoms with E-state index in [1.165, 1.54) is 0 Å². The van der Waals surface area contributed by atoms with Crippen LogP contribution in [0.1, 0.15) is 19.8 Å². The molecule has 1 saturated heterocycles. The summed E-state index contributed by atoms with van der Waals surface area (Å²) >= 11 is 3.39. The van der Waals surface area contributed by atoms with E-state index in [9.17, 15) is 0 Å². The third kappa shape index (κ3) is 2.92. The van der Waals surface area contributed by atoms with Crippen LogP contribution >= 0.6 is 15.9 Å². The minimum atomic E-state index is -0.0479. The van der Waals surface area contributed by atoms with E-state index in [1.54, 1.807) is 12.4 Å². The molecule has 2 heterocycles. The van der Waals surface area contributed by atoms with E-state index >= 15 is 0 Å². The fourth-order valence-corrected chi connectivity index (χ4v) is 2.13. The summed E-state index contributed by atoms with van der Waals surface area (Å²) in [4.78, 5) is 4.09. The van der Waals surface area contributed by atoms with Gasteiger partial charge < -0.3 is 10.1 Å². The predicted molar refractivity (Wildman–Crippen MR) is 63.1 cm³/mol. The van der Waals surface area contributed by atoms with Gasteiger partial charge in [-0.15, -0.1) is 0 Å². The molecule has 82 valence electrons. The molecular formula is C11H15BrN2O. The molecule has 1 N–H and O–H groups in total. The Morgan fingerprint density at radius 1 is 1.40 bits per heavy atom. The number of hydrogen-bond donors (Lipinski definition) is 1. The molecule has 1 aliphatic heterocycles. The highest BCUT2D eigenvalue weighted by Crippen LogP contribution is 2.26. The maximum Gasteiger partial charge on any atom is 0.139 e. The Kier molecular flexibility index (Phi) is 3.26. The van der Waals surface area contributed by atoms with Crippen LogP contribution in [0.2, 0.25) is 0 Å². The lowest BCUT2D eigenvalue weighted by molar-refractivity contribution is 0.0551. The van der Waals surface area contributed by atoms with Crippen molar-refractivity contribution in [3.05, 3.63) is 22.9 Å². The van der Waals surface area contributed by atoms with Gasteiger partial charge in [0.15, 0.2) is 0 Å². The first kappa shape index (κ1) is 10.9. The van der Waals surface area contributed by atoms with Crippen molar-refractivity contribution in [3.8, 4) is 5.75 Å². The zero-order valence-corrected chi connectivity index (χ0v) is 10.4. The van der Waals surface area contributed by atoms with E-state index in [1.807, 2.05) is 6.07 Å². The molecule has 3 nitrogen and oxygen atoms in total. The van der Waals surface area contributed by atoms with Gasteiger partial charge in [-0.1, -0.05) is 0 Å². The summed E-state index contributed by atoms with van der Waals surface area (Å²) in [6.07, 6.45) is 5.61. The monoisotopic (exact) mass is 270 g/mol. The average Bonchev–Trinajstić information content (AvgIpc) is 2.18. The third-order valence-electron chi connectivity index (χ3n) is 2.71. The molecule has 0 radical (unpaired) electrons. The van der Waals surface area contributed by atoms with Gasteiger partial charge >= 0.3 is 0 Å². The molecular weight excluding hydrogens is 256 g/mol. The summed E-state index contributed by atoms with van der Waals surface area (Å²) in [5.74, 6) is 0.841. The Labute approximate surface area is 98.4 Å². The molecule has 4 heteroatoms. The van der Waals surface area contributed by atoms with E-state index in [2.05, 4.69) is 33.2 Å². The average molecular weight is 271 g/mol. The van der Waals surface area contributed by atoms with E-state index < -0.39 is 0 Å². The second-order valence-corrected chi connectivity index (χ2v) is 5.06. The third-order valence-corrected chi connectivity index (χ3v) is 3.14. The van der Waals surface area contributed by atoms with Gasteiger partial charge in [0.1, 0.15) is 11.4 Å². The van der Waals surface area contributed by atoms with Crippen LogP contribution in [-0.4, -0.2) is 23.7 Å². The smallest absolute Gasteiger partial charge is 0.139 e. The highest BCUT2D eigenvalue weighted by molar-refractivity contribution is 9.10. The molecule has 0 unspecified atom stereocenters. The maximum atomic E-state index is 5.99. The van der Waals surface area contributed by atoms with Crippen molar-refractivity contribution in [2.75, 3.05) is 13.1 Å². The summed E-state index contributed by atoms with van der Waals surface area (Å²) < 4.78 is 6.95. The summed E-state index contributed by atoms with van der Waals surface area (Å²) in [6, 6.07) is 1.96. The normalized spacial score (nSPS) is 19.9. The molecule has 1 aliphatic rings. The largest absolute Gasteiger partial charge is 0.486 e. The number of nitrogens with zero attached hydrogens (tertiary/aromatic N) is 1. The van der Waals surface area contributed by atoms with Crippen LogP contribution in [-0.2, 0) is 0 Å². The lowest BCUT2D eigenvalue weighted by atomic mass is 9.94. The summed E-state index contributed by atoms with van der Waals surface area (Å²) in [6.45, 7) is 4.21. The Morgan fingerprint density at radius 3 is 2.80 bits per heavy atom. The maximum absolute atomic E-state index is 5.99. The second kappa shape index (κ2) is 4.49. The van der Waals surface area contributed by atoms with E-state index in [0.717, 1.165) is 36.2 Å². The highest BCUT2D eigenvalue weighted by Gasteiger charge is 2.28. The Morgan fingerprint density at radius 2 is 2.13 bits per heavy atom. The Balaban J connectivity index is 2.06. The van der Waals surface area contributed by atoms with Crippen LogP contribution in [0.15, 0.2) is 22.9 Å². The van der Waals surface area contributed by atoms with E-state index in [0.29, 0.717) is 0 Å². The van der Waals surface area contributed by atoms with Gasteiger partial charge in [0.25, 0.3) is 0 Å². The SMILES string of the molecule is CC1(Oc2cncc(Br)c2)CCNCC1. The van der Waals surface area contributed by atoms with Gasteiger partial charge in [0.05, 0.1) is 6.20 Å². The molecule has 15 heavy (non-hydrogen) atoms. The summed E-state index contributed by atoms with van der Waals surface area (Å²) in [7, 11) is 0. The molecule has 0 spiro atoms. The number of halogens is 1. The van der Waals surface area contributed by atoms with Crippen molar-refractivity contribution in [3.63, 3.8) is 0 Å². The lowest BCUT2D eigenvalue weighted by Crippen LogP contribution is -2.43. The number of ether oxygens (including phenoxy) is 1. The van der Waals surface area contributed by atoms with Gasteiger partial charge in [-0.3, -0.25) is 4.98 Å². The van der Waals surface area contributed by atoms with Crippen LogP contribution in [0, 0.1) is 0 Å². The highest BCUT2D eigenvalue weighted by atomic mass is 79.9. The number of nitrogens with one attached hydrogen (secondary N) is 1. The van der Waals surface area contributed by atoms with Crippen molar-refractivity contribution in [1.82, 2.24) is 10.3 Å². The summed E-state index contributed by atoms with van der Waals surface area (Å²) in [5.41, 5.74) is -0.0479. The second-order valence-electron chi connectivity index (χ2n) is 4.14. The molecule has 0 atom stereocenters. The minimum Gasteiger partial charge on any atom is -0.486 e. The number of aromatic nitrogens is 1. The number of hydrogen-bond acceptors (Lipinski definition) is 3. The van der Waals surface area contributed by atoms with Crippen molar-refractivity contribution in [2.45, 2.75) is 25.4 Å². The number of piperidine rings is 1. The van der Waals surface area contributed by atoms with Crippen molar-refractivity contribution in [2.24, 2.45) is 0 Å². The Bertz CT molecular complexity index is 337. The van der Waals surface area contributed by atoms with Gasteiger partial charge in [0, 0.05) is 10.7 Å². The first-order valence-electron chi connectivity index (χ1n) is 5.18. The zero-order chi connectivity index (χ0) is 10.7. The molecule has 0 aliphatic carbocycles. The molecule has 0 aromatic carbocycles. The van der Waals surface area contributed by atoms with Crippen LogP contribution in [0.4, 0.5) is 0 Å². The number of rotatable bonds is 2. The van der Waals surface area contributed by atoms with Gasteiger partial charge in [0.2, 0.25) is 0 Å². The number of pyridine rings is 1. The van der Waals surface area contributed by atoms with Crippen molar-refractivity contribution in [1.29, 1.82) is 0 Å². The first-order chi connectivity index (χ1) is 7.18. The standard InChI is InChI=1S/C11H15BrN2O/c1-11(2-4-13-5-3-11)15-10-6-9(12)7-14-8-10/h6-8,13H,2-5H2,1H3. The van der Waals surface area contributed by atoms with Crippen LogP contribution in [0.5, 0.6) is 5.75 Å². The zero-order valence-electron chi connectivity index (χ0n) is 8.79. The van der Waals surface area contributed by atoms with Crippen LogP contribution in [0.25, 0.3) is 0 Å². The fourth-order valence-electron chi connectivity index (χ4n) is 1.79. The Hall–Kier alpha value is -0.610. The van der Waals surface area contributed by atoms with Crippen LogP contribution in [0.3, 0.4) is 0 Å². The summed E-state index contributed by atoms with van der Waals surface area (Å²) in [5, 5.41) is 3.33. The van der Waals surface area contributed by atoms with Crippen molar-refractivity contribution >= 4 is 15.9 Å². The predicted octanol–water partition coefficient (Wildman–Crippen LogP) is 2.37. The van der Waals surface area contributed by atoms with Gasteiger partial charge in [-0.05, 0) is 54.9 Å². The molecule has 0 saturated carbocycles. The molecule has 1 fully saturated rings. The fraction of sp³-hybridized carbons (Fsp3) is 0.545. The minimum absolute atomic E-state index is 0.0479. The molecule has 2 rings (SSSR count). The lowest BCUT2D eigenvalue weighted by Gasteiger charge is -2.34. The van der Waals surface area contributed by atoms with E-state index in [4.69, 9.17) is 4.74 Å². The molecule has 0 amide bonds. The van der Waals surface area contributed by atoms with Crippen LogP contribution < -0.4 is 10.1 Å². The van der Waals surface area contributed by atoms with E-state index in [-0.39, 0.29) is 5.60 Å². The topological polar surface area (TPSA) is 34.1 Å².